The van der Waals surface area contributed by atoms with E-state index in [4.69, 9.17) is 21.1 Å². The van der Waals surface area contributed by atoms with Crippen molar-refractivity contribution in [2.75, 3.05) is 51.3 Å². The molecule has 3 aliphatic rings. The number of nitrogens with zero attached hydrogens (tertiary/aromatic N) is 2. The third kappa shape index (κ3) is 6.04. The molecule has 0 unspecified atom stereocenters. The average molecular weight is 450 g/mol. The van der Waals surface area contributed by atoms with Crippen molar-refractivity contribution >= 4 is 29.1 Å². The Morgan fingerprint density at radius 1 is 0.968 bits per heavy atom. The number of halogens is 1. The number of fused-ring (bicyclic) bond motifs is 1. The number of nitrogens with one attached hydrogen (secondary N) is 1. The second-order valence-electron chi connectivity index (χ2n) is 8.74. The molecule has 2 heterocycles. The van der Waals surface area contributed by atoms with Gasteiger partial charge in [0.15, 0.2) is 11.5 Å². The maximum atomic E-state index is 12.6. The monoisotopic (exact) mass is 449 g/mol. The van der Waals surface area contributed by atoms with Crippen molar-refractivity contribution in [2.45, 2.75) is 44.9 Å². The van der Waals surface area contributed by atoms with Crippen molar-refractivity contribution in [3.05, 3.63) is 17.2 Å². The molecule has 1 N–H and O–H groups in total. The van der Waals surface area contributed by atoms with Crippen molar-refractivity contribution in [1.29, 1.82) is 0 Å². The molecular formula is C23H32ClN3O4. The van der Waals surface area contributed by atoms with Gasteiger partial charge in [-0.05, 0) is 18.8 Å². The van der Waals surface area contributed by atoms with E-state index in [1.807, 2.05) is 4.90 Å². The summed E-state index contributed by atoms with van der Waals surface area (Å²) in [4.78, 5) is 29.2. The maximum absolute atomic E-state index is 12.6. The van der Waals surface area contributed by atoms with Gasteiger partial charge in [0.05, 0.1) is 30.5 Å². The Balaban J connectivity index is 1.24. The summed E-state index contributed by atoms with van der Waals surface area (Å²) in [6, 6.07) is 3.41. The summed E-state index contributed by atoms with van der Waals surface area (Å²) in [5.41, 5.74) is 0.525. The Bertz CT molecular complexity index is 789. The van der Waals surface area contributed by atoms with Crippen LogP contribution >= 0.6 is 11.6 Å². The molecule has 1 aromatic carbocycles. The molecule has 4 rings (SSSR count). The first-order chi connectivity index (χ1) is 15.1. The molecule has 31 heavy (non-hydrogen) atoms. The number of ether oxygens (including phenoxy) is 2. The predicted molar refractivity (Wildman–Crippen MR) is 120 cm³/mol. The lowest BCUT2D eigenvalue weighted by atomic mass is 9.86. The van der Waals surface area contributed by atoms with Crippen LogP contribution in [0.15, 0.2) is 12.1 Å². The van der Waals surface area contributed by atoms with E-state index in [2.05, 4.69) is 10.2 Å². The standard InChI is InChI=1S/C23H32ClN3O4/c24-18-14-20-21(31-12-4-11-30-20)15-19(18)25-22(28)16-26-7-9-27(10-8-26)23(29)13-17-5-2-1-3-6-17/h14-15,17H,1-13,16H2,(H,25,28). The van der Waals surface area contributed by atoms with Crippen LogP contribution in [0.25, 0.3) is 0 Å². The number of carbonyl (C=O) groups excluding carboxylic acids is 2. The van der Waals surface area contributed by atoms with Gasteiger partial charge >= 0.3 is 0 Å². The summed E-state index contributed by atoms with van der Waals surface area (Å²) >= 11 is 6.33. The van der Waals surface area contributed by atoms with Gasteiger partial charge in [-0.15, -0.1) is 0 Å². The molecule has 1 saturated carbocycles. The highest BCUT2D eigenvalue weighted by Gasteiger charge is 2.25. The van der Waals surface area contributed by atoms with Gasteiger partial charge in [0.25, 0.3) is 0 Å². The maximum Gasteiger partial charge on any atom is 0.238 e. The summed E-state index contributed by atoms with van der Waals surface area (Å²) in [7, 11) is 0. The fraction of sp³-hybridized carbons (Fsp3) is 0.652. The molecule has 0 radical (unpaired) electrons. The molecular weight excluding hydrogens is 418 g/mol. The quantitative estimate of drug-likeness (QED) is 0.744. The second kappa shape index (κ2) is 10.6. The molecule has 0 bridgehead atoms. The number of anilines is 1. The minimum absolute atomic E-state index is 0.127. The zero-order valence-corrected chi connectivity index (χ0v) is 18.8. The Labute approximate surface area is 189 Å². The summed E-state index contributed by atoms with van der Waals surface area (Å²) in [6.45, 7) is 4.22. The molecule has 7 nitrogen and oxygen atoms in total. The zero-order chi connectivity index (χ0) is 21.6. The van der Waals surface area contributed by atoms with Crippen LogP contribution in [-0.2, 0) is 9.59 Å². The highest BCUT2D eigenvalue weighted by Crippen LogP contribution is 2.37. The van der Waals surface area contributed by atoms with E-state index in [9.17, 15) is 9.59 Å². The number of hydrogen-bond donors (Lipinski definition) is 1. The van der Waals surface area contributed by atoms with E-state index in [0.29, 0.717) is 73.9 Å². The Hall–Kier alpha value is -1.99. The Kier molecular flexibility index (Phi) is 7.56. The number of piperazine rings is 1. The van der Waals surface area contributed by atoms with E-state index < -0.39 is 0 Å². The van der Waals surface area contributed by atoms with Crippen molar-refractivity contribution < 1.29 is 19.1 Å². The van der Waals surface area contributed by atoms with Crippen molar-refractivity contribution in [1.82, 2.24) is 9.80 Å². The van der Waals surface area contributed by atoms with Crippen LogP contribution in [-0.4, -0.2) is 67.6 Å². The number of benzene rings is 1. The van der Waals surface area contributed by atoms with Crippen molar-refractivity contribution in [3.63, 3.8) is 0 Å². The SMILES string of the molecule is O=C(CN1CCN(C(=O)CC2CCCCC2)CC1)Nc1cc2c(cc1Cl)OCCCO2. The average Bonchev–Trinajstić information content (AvgIpc) is 3.00. The van der Waals surface area contributed by atoms with Gasteiger partial charge in [0, 0.05) is 51.2 Å². The van der Waals surface area contributed by atoms with E-state index in [1.54, 1.807) is 12.1 Å². The molecule has 8 heteroatoms. The summed E-state index contributed by atoms with van der Waals surface area (Å²) in [6.07, 6.45) is 7.69. The minimum Gasteiger partial charge on any atom is -0.490 e. The third-order valence-corrected chi connectivity index (χ3v) is 6.70. The van der Waals surface area contributed by atoms with E-state index in [1.165, 1.54) is 32.1 Å². The van der Waals surface area contributed by atoms with Gasteiger partial charge in [-0.3, -0.25) is 14.5 Å². The largest absolute Gasteiger partial charge is 0.490 e. The first kappa shape index (κ1) is 22.2. The molecule has 0 spiro atoms. The van der Waals surface area contributed by atoms with E-state index >= 15 is 0 Å². The summed E-state index contributed by atoms with van der Waals surface area (Å²) in [5, 5.41) is 3.31. The minimum atomic E-state index is -0.127. The number of hydrogen-bond acceptors (Lipinski definition) is 5. The smallest absolute Gasteiger partial charge is 0.238 e. The number of carbonyl (C=O) groups is 2. The molecule has 2 aliphatic heterocycles. The highest BCUT2D eigenvalue weighted by atomic mass is 35.5. The lowest BCUT2D eigenvalue weighted by molar-refractivity contribution is -0.134. The molecule has 1 saturated heterocycles. The van der Waals surface area contributed by atoms with Gasteiger partial charge in [0.2, 0.25) is 11.8 Å². The Morgan fingerprint density at radius 3 is 2.35 bits per heavy atom. The van der Waals surface area contributed by atoms with Crippen LogP contribution in [0.1, 0.15) is 44.9 Å². The van der Waals surface area contributed by atoms with E-state index in [-0.39, 0.29) is 18.4 Å². The fourth-order valence-electron chi connectivity index (χ4n) is 4.60. The van der Waals surface area contributed by atoms with Crippen LogP contribution in [0.5, 0.6) is 11.5 Å². The van der Waals surface area contributed by atoms with Gasteiger partial charge < -0.3 is 19.7 Å². The summed E-state index contributed by atoms with van der Waals surface area (Å²) < 4.78 is 11.3. The molecule has 2 fully saturated rings. The normalized spacial score (nSPS) is 20.2. The molecule has 1 aromatic rings. The topological polar surface area (TPSA) is 71.1 Å². The molecule has 0 aromatic heterocycles. The number of rotatable bonds is 5. The van der Waals surface area contributed by atoms with Gasteiger partial charge in [-0.2, -0.15) is 0 Å². The van der Waals surface area contributed by atoms with Gasteiger partial charge in [-0.1, -0.05) is 30.9 Å². The lowest BCUT2D eigenvalue weighted by Gasteiger charge is -2.35. The van der Waals surface area contributed by atoms with Crippen LogP contribution in [0, 0.1) is 5.92 Å². The predicted octanol–water partition coefficient (Wildman–Crippen LogP) is 3.55. The van der Waals surface area contributed by atoms with Crippen molar-refractivity contribution in [2.24, 2.45) is 5.92 Å². The van der Waals surface area contributed by atoms with Crippen LogP contribution in [0.2, 0.25) is 5.02 Å². The zero-order valence-electron chi connectivity index (χ0n) is 18.0. The number of amides is 2. The van der Waals surface area contributed by atoms with Gasteiger partial charge in [0.1, 0.15) is 0 Å². The molecule has 0 atom stereocenters. The van der Waals surface area contributed by atoms with Crippen LogP contribution < -0.4 is 14.8 Å². The van der Waals surface area contributed by atoms with Crippen molar-refractivity contribution in [3.8, 4) is 11.5 Å². The first-order valence-corrected chi connectivity index (χ1v) is 11.9. The van der Waals surface area contributed by atoms with E-state index in [0.717, 1.165) is 6.42 Å². The Morgan fingerprint density at radius 2 is 1.65 bits per heavy atom. The third-order valence-electron chi connectivity index (χ3n) is 6.39. The first-order valence-electron chi connectivity index (χ1n) is 11.5. The molecule has 2 amide bonds. The highest BCUT2D eigenvalue weighted by molar-refractivity contribution is 6.34. The van der Waals surface area contributed by atoms with Crippen LogP contribution in [0.4, 0.5) is 5.69 Å². The molecule has 170 valence electrons. The summed E-state index contributed by atoms with van der Waals surface area (Å²) in [5.74, 6) is 1.91. The lowest BCUT2D eigenvalue weighted by Crippen LogP contribution is -2.50. The second-order valence-corrected chi connectivity index (χ2v) is 9.15. The van der Waals surface area contributed by atoms with Gasteiger partial charge in [-0.25, -0.2) is 0 Å². The molecule has 1 aliphatic carbocycles. The fourth-order valence-corrected chi connectivity index (χ4v) is 4.80. The van der Waals surface area contributed by atoms with Crippen LogP contribution in [0.3, 0.4) is 0 Å².